The Balaban J connectivity index is 2.42. The van der Waals surface area contributed by atoms with Gasteiger partial charge >= 0.3 is 12.0 Å². The number of nitrogens with one attached hydrogen (secondary N) is 2. The first-order valence-corrected chi connectivity index (χ1v) is 5.93. The van der Waals surface area contributed by atoms with E-state index in [1.54, 1.807) is 0 Å². The van der Waals surface area contributed by atoms with E-state index in [0.717, 1.165) is 4.90 Å². The van der Waals surface area contributed by atoms with Crippen molar-refractivity contribution in [2.45, 2.75) is 31.7 Å². The number of aliphatic carboxylic acids is 1. The van der Waals surface area contributed by atoms with Crippen LogP contribution in [0.4, 0.5) is 4.79 Å². The molecule has 20 heavy (non-hydrogen) atoms. The minimum Gasteiger partial charge on any atom is -0.481 e. The Labute approximate surface area is 114 Å². The summed E-state index contributed by atoms with van der Waals surface area (Å²) in [6, 6.07) is -1.76. The largest absolute Gasteiger partial charge is 0.481 e. The summed E-state index contributed by atoms with van der Waals surface area (Å²) in [5, 5.41) is 12.6. The molecule has 1 saturated heterocycles. The Hall–Kier alpha value is -2.45. The second-order valence-electron chi connectivity index (χ2n) is 4.30. The van der Waals surface area contributed by atoms with Gasteiger partial charge in [0.05, 0.1) is 6.42 Å². The molecule has 110 valence electrons. The summed E-state index contributed by atoms with van der Waals surface area (Å²) in [6.07, 6.45) is -0.433. The van der Waals surface area contributed by atoms with Crippen molar-refractivity contribution in [2.24, 2.45) is 0 Å². The first-order valence-electron chi connectivity index (χ1n) is 5.93. The highest BCUT2D eigenvalue weighted by atomic mass is 16.4. The summed E-state index contributed by atoms with van der Waals surface area (Å²) in [5.74, 6) is -2.78. The molecular formula is C11H15N3O6. The zero-order valence-electron chi connectivity index (χ0n) is 10.8. The van der Waals surface area contributed by atoms with Crippen molar-refractivity contribution in [1.29, 1.82) is 0 Å². The molecule has 1 heterocycles. The number of carboxylic acids is 1. The van der Waals surface area contributed by atoms with Crippen LogP contribution in [-0.2, 0) is 19.2 Å². The molecule has 1 unspecified atom stereocenters. The molecule has 1 atom stereocenters. The minimum atomic E-state index is -1.15. The van der Waals surface area contributed by atoms with E-state index in [-0.39, 0.29) is 25.2 Å². The van der Waals surface area contributed by atoms with E-state index >= 15 is 0 Å². The highest BCUT2D eigenvalue weighted by Crippen LogP contribution is 2.11. The number of carbonyl (C=O) groups excluding carboxylic acids is 4. The third kappa shape index (κ3) is 4.34. The number of likely N-dealkylation sites (tertiary alicyclic amines) is 1. The van der Waals surface area contributed by atoms with E-state index in [1.807, 2.05) is 5.32 Å². The molecular weight excluding hydrogens is 270 g/mol. The maximum atomic E-state index is 11.7. The lowest BCUT2D eigenvalue weighted by molar-refractivity contribution is -0.148. The topological polar surface area (TPSA) is 133 Å². The van der Waals surface area contributed by atoms with Gasteiger partial charge in [-0.2, -0.15) is 0 Å². The molecule has 0 radical (unpaired) electrons. The summed E-state index contributed by atoms with van der Waals surface area (Å²) in [6.45, 7) is 0. The van der Waals surface area contributed by atoms with Crippen molar-refractivity contribution in [2.75, 3.05) is 7.05 Å². The fraction of sp³-hybridized carbons (Fsp3) is 0.545. The number of imide groups is 2. The molecule has 1 rings (SSSR count). The lowest BCUT2D eigenvalue weighted by Crippen LogP contribution is -2.55. The van der Waals surface area contributed by atoms with Crippen LogP contribution in [0.5, 0.6) is 0 Å². The fourth-order valence-electron chi connectivity index (χ4n) is 1.65. The molecule has 0 bridgehead atoms. The van der Waals surface area contributed by atoms with Gasteiger partial charge in [-0.3, -0.25) is 29.4 Å². The monoisotopic (exact) mass is 285 g/mol. The molecule has 0 saturated carbocycles. The van der Waals surface area contributed by atoms with Crippen molar-refractivity contribution in [3.05, 3.63) is 0 Å². The van der Waals surface area contributed by atoms with Crippen molar-refractivity contribution < 1.29 is 29.1 Å². The second kappa shape index (κ2) is 6.64. The van der Waals surface area contributed by atoms with E-state index in [0.29, 0.717) is 0 Å². The Kier molecular flexibility index (Phi) is 5.18. The molecule has 1 aliphatic rings. The number of likely N-dealkylation sites (N-methyl/N-ethyl adjacent to an activating group) is 1. The van der Waals surface area contributed by atoms with Crippen molar-refractivity contribution in [3.8, 4) is 0 Å². The summed E-state index contributed by atoms with van der Waals surface area (Å²) in [5.41, 5.74) is 0. The maximum absolute atomic E-state index is 11.7. The van der Waals surface area contributed by atoms with Gasteiger partial charge in [-0.1, -0.05) is 0 Å². The highest BCUT2D eigenvalue weighted by molar-refractivity contribution is 6.02. The van der Waals surface area contributed by atoms with Gasteiger partial charge in [-0.15, -0.1) is 0 Å². The zero-order valence-corrected chi connectivity index (χ0v) is 10.8. The first-order chi connectivity index (χ1) is 9.31. The quantitative estimate of drug-likeness (QED) is 0.557. The van der Waals surface area contributed by atoms with Crippen molar-refractivity contribution in [1.82, 2.24) is 15.5 Å². The van der Waals surface area contributed by atoms with Crippen LogP contribution in [0, 0.1) is 0 Å². The number of amides is 5. The molecule has 3 N–H and O–H groups in total. The van der Waals surface area contributed by atoms with E-state index < -0.39 is 36.3 Å². The Morgan fingerprint density at radius 3 is 2.55 bits per heavy atom. The summed E-state index contributed by atoms with van der Waals surface area (Å²) >= 11 is 0. The molecule has 0 aromatic carbocycles. The van der Waals surface area contributed by atoms with E-state index in [2.05, 4.69) is 5.32 Å². The zero-order chi connectivity index (χ0) is 15.3. The van der Waals surface area contributed by atoms with Gasteiger partial charge in [0.2, 0.25) is 11.8 Å². The van der Waals surface area contributed by atoms with Crippen LogP contribution in [0.25, 0.3) is 0 Å². The van der Waals surface area contributed by atoms with Gasteiger partial charge in [0.25, 0.3) is 5.91 Å². The highest BCUT2D eigenvalue weighted by Gasteiger charge is 2.32. The number of piperidine rings is 1. The molecule has 9 heteroatoms. The van der Waals surface area contributed by atoms with Crippen molar-refractivity contribution >= 4 is 29.7 Å². The number of rotatable bonds is 4. The van der Waals surface area contributed by atoms with Crippen LogP contribution >= 0.6 is 0 Å². The van der Waals surface area contributed by atoms with Crippen LogP contribution < -0.4 is 10.6 Å². The Morgan fingerprint density at radius 1 is 1.30 bits per heavy atom. The third-order valence-electron chi connectivity index (χ3n) is 2.77. The number of carbonyl (C=O) groups is 5. The van der Waals surface area contributed by atoms with Crippen LogP contribution in [-0.4, -0.2) is 52.8 Å². The third-order valence-corrected chi connectivity index (χ3v) is 2.77. The molecule has 5 amide bonds. The number of hydrogen-bond donors (Lipinski definition) is 3. The number of hydrogen-bond acceptors (Lipinski definition) is 5. The smallest absolute Gasteiger partial charge is 0.322 e. The Morgan fingerprint density at radius 2 is 1.95 bits per heavy atom. The van der Waals surface area contributed by atoms with Gasteiger partial charge in [0.1, 0.15) is 6.04 Å². The first kappa shape index (κ1) is 15.6. The van der Waals surface area contributed by atoms with Gasteiger partial charge in [0, 0.05) is 19.9 Å². The molecule has 9 nitrogen and oxygen atoms in total. The minimum absolute atomic E-state index is 0.125. The summed E-state index contributed by atoms with van der Waals surface area (Å²) in [4.78, 5) is 56.7. The summed E-state index contributed by atoms with van der Waals surface area (Å²) < 4.78 is 0. The average Bonchev–Trinajstić information content (AvgIpc) is 2.37. The van der Waals surface area contributed by atoms with E-state index in [9.17, 15) is 24.0 Å². The van der Waals surface area contributed by atoms with E-state index in [4.69, 9.17) is 5.11 Å². The van der Waals surface area contributed by atoms with Gasteiger partial charge < -0.3 is 10.4 Å². The number of carboxylic acid groups (broad SMARTS) is 1. The number of nitrogens with zero attached hydrogens (tertiary/aromatic N) is 1. The Bertz CT molecular complexity index is 461. The molecule has 0 aromatic heterocycles. The second-order valence-corrected chi connectivity index (χ2v) is 4.30. The molecule has 0 aliphatic carbocycles. The SMILES string of the molecule is CN1C(=O)CCC(NC(=O)NC(=O)CCC(=O)O)C1=O. The standard InChI is InChI=1S/C11H15N3O6/c1-14-8(16)4-2-6(10(14)19)12-11(20)13-7(15)3-5-9(17)18/h6H,2-5H2,1H3,(H,17,18)(H2,12,13,15,20). The van der Waals surface area contributed by atoms with Crippen LogP contribution in [0.15, 0.2) is 0 Å². The number of urea groups is 1. The van der Waals surface area contributed by atoms with Gasteiger partial charge in [0.15, 0.2) is 0 Å². The van der Waals surface area contributed by atoms with E-state index in [1.165, 1.54) is 7.05 Å². The lowest BCUT2D eigenvalue weighted by atomic mass is 10.1. The maximum Gasteiger partial charge on any atom is 0.322 e. The predicted molar refractivity (Wildman–Crippen MR) is 64.3 cm³/mol. The van der Waals surface area contributed by atoms with Gasteiger partial charge in [-0.05, 0) is 6.42 Å². The lowest BCUT2D eigenvalue weighted by Gasteiger charge is -2.27. The molecule has 1 fully saturated rings. The van der Waals surface area contributed by atoms with Crippen molar-refractivity contribution in [3.63, 3.8) is 0 Å². The average molecular weight is 285 g/mol. The van der Waals surface area contributed by atoms with Crippen LogP contribution in [0.3, 0.4) is 0 Å². The summed E-state index contributed by atoms with van der Waals surface area (Å²) in [7, 11) is 1.31. The van der Waals surface area contributed by atoms with Crippen LogP contribution in [0.2, 0.25) is 0 Å². The fourth-order valence-corrected chi connectivity index (χ4v) is 1.65. The predicted octanol–water partition coefficient (Wildman–Crippen LogP) is -1.18. The van der Waals surface area contributed by atoms with Gasteiger partial charge in [-0.25, -0.2) is 4.79 Å². The van der Waals surface area contributed by atoms with Crippen LogP contribution in [0.1, 0.15) is 25.7 Å². The molecule has 1 aliphatic heterocycles. The molecule has 0 spiro atoms. The normalized spacial score (nSPS) is 18.6. The molecule has 0 aromatic rings.